The molecule has 1 heterocycles. The van der Waals surface area contributed by atoms with Gasteiger partial charge in [-0.3, -0.25) is 4.99 Å². The van der Waals surface area contributed by atoms with Gasteiger partial charge in [-0.15, -0.1) is 0 Å². The molecular weight excluding hydrogens is 224 g/mol. The summed E-state index contributed by atoms with van der Waals surface area (Å²) in [6.45, 7) is 4.19. The summed E-state index contributed by atoms with van der Waals surface area (Å²) < 4.78 is 5.37. The van der Waals surface area contributed by atoms with Crippen molar-refractivity contribution in [3.05, 3.63) is 54.0 Å². The minimum atomic E-state index is -0.355. The lowest BCUT2D eigenvalue weighted by Crippen LogP contribution is -2.46. The number of hydrogen-bond donors (Lipinski definition) is 1. The van der Waals surface area contributed by atoms with Crippen LogP contribution in [0.1, 0.15) is 12.0 Å². The van der Waals surface area contributed by atoms with Crippen molar-refractivity contribution < 1.29 is 4.74 Å². The third-order valence-electron chi connectivity index (χ3n) is 3.23. The summed E-state index contributed by atoms with van der Waals surface area (Å²) in [5.41, 5.74) is 10.4. The predicted octanol–water partition coefficient (Wildman–Crippen LogP) is 2.09. The summed E-state index contributed by atoms with van der Waals surface area (Å²) in [4.78, 5) is 4.64. The van der Waals surface area contributed by atoms with Gasteiger partial charge >= 0.3 is 0 Å². The number of rotatable bonds is 5. The Labute approximate surface area is 108 Å². The first kappa shape index (κ1) is 12.6. The second-order valence-corrected chi connectivity index (χ2v) is 4.46. The highest BCUT2D eigenvalue weighted by Crippen LogP contribution is 2.37. The Morgan fingerprint density at radius 3 is 2.67 bits per heavy atom. The normalized spacial score (nSPS) is 21.6. The van der Waals surface area contributed by atoms with Gasteiger partial charge in [-0.2, -0.15) is 0 Å². The van der Waals surface area contributed by atoms with Gasteiger partial charge in [0.15, 0.2) is 5.76 Å². The second kappa shape index (κ2) is 5.21. The zero-order valence-corrected chi connectivity index (χ0v) is 10.6. The minimum Gasteiger partial charge on any atom is -0.490 e. The number of nitrogens with zero attached hydrogens (tertiary/aromatic N) is 1. The molecule has 2 rings (SSSR count). The molecule has 94 valence electrons. The molecule has 1 aromatic carbocycles. The summed E-state index contributed by atoms with van der Waals surface area (Å²) in [5.74, 6) is 0.698. The number of hydrogen-bond acceptors (Lipinski definition) is 3. The maximum atomic E-state index is 5.61. The van der Waals surface area contributed by atoms with Crippen molar-refractivity contribution in [2.75, 3.05) is 13.7 Å². The molecule has 1 atom stereocenters. The van der Waals surface area contributed by atoms with Crippen molar-refractivity contribution in [1.82, 2.24) is 0 Å². The molecular formula is C15H18N2O. The van der Waals surface area contributed by atoms with Crippen LogP contribution in [-0.2, 0) is 11.2 Å². The maximum Gasteiger partial charge on any atom is 0.165 e. The molecule has 0 saturated carbocycles. The summed E-state index contributed by atoms with van der Waals surface area (Å²) in [6.07, 6.45) is 1.62. The lowest BCUT2D eigenvalue weighted by molar-refractivity contribution is 0.214. The van der Waals surface area contributed by atoms with E-state index in [1.54, 1.807) is 7.11 Å². The van der Waals surface area contributed by atoms with Gasteiger partial charge in [-0.1, -0.05) is 42.6 Å². The molecule has 0 radical (unpaired) electrons. The van der Waals surface area contributed by atoms with E-state index in [0.717, 1.165) is 18.6 Å². The van der Waals surface area contributed by atoms with Crippen LogP contribution in [0.25, 0.3) is 0 Å². The van der Waals surface area contributed by atoms with Crippen molar-refractivity contribution in [2.45, 2.75) is 18.4 Å². The molecule has 1 aliphatic rings. The predicted molar refractivity (Wildman–Crippen MR) is 73.6 cm³/mol. The Morgan fingerprint density at radius 1 is 1.50 bits per heavy atom. The van der Waals surface area contributed by atoms with Gasteiger partial charge in [-0.05, 0) is 5.56 Å². The van der Waals surface area contributed by atoms with Crippen molar-refractivity contribution in [3.63, 3.8) is 0 Å². The fourth-order valence-electron chi connectivity index (χ4n) is 2.42. The number of ether oxygens (including phenoxy) is 1. The minimum absolute atomic E-state index is 0.355. The third kappa shape index (κ3) is 2.23. The first-order valence-corrected chi connectivity index (χ1v) is 6.00. The van der Waals surface area contributed by atoms with Crippen molar-refractivity contribution in [2.24, 2.45) is 10.7 Å². The van der Waals surface area contributed by atoms with Gasteiger partial charge in [0.2, 0.25) is 0 Å². The molecule has 1 aliphatic heterocycles. The van der Waals surface area contributed by atoms with Crippen LogP contribution in [0.2, 0.25) is 0 Å². The van der Waals surface area contributed by atoms with Crippen molar-refractivity contribution >= 4 is 5.71 Å². The highest BCUT2D eigenvalue weighted by molar-refractivity contribution is 5.93. The molecule has 2 N–H and O–H groups in total. The quantitative estimate of drug-likeness (QED) is 0.635. The van der Waals surface area contributed by atoms with E-state index in [1.165, 1.54) is 5.56 Å². The molecule has 3 nitrogen and oxygen atoms in total. The van der Waals surface area contributed by atoms with E-state index in [1.807, 2.05) is 18.2 Å². The zero-order valence-electron chi connectivity index (χ0n) is 10.6. The van der Waals surface area contributed by atoms with Gasteiger partial charge in [0.25, 0.3) is 0 Å². The smallest absolute Gasteiger partial charge is 0.165 e. The van der Waals surface area contributed by atoms with Crippen LogP contribution in [0.5, 0.6) is 0 Å². The average molecular weight is 242 g/mol. The van der Waals surface area contributed by atoms with Gasteiger partial charge in [0, 0.05) is 25.1 Å². The Morgan fingerprint density at radius 2 is 2.17 bits per heavy atom. The first-order valence-electron chi connectivity index (χ1n) is 6.00. The largest absolute Gasteiger partial charge is 0.490 e. The summed E-state index contributed by atoms with van der Waals surface area (Å²) in [6, 6.07) is 10.2. The van der Waals surface area contributed by atoms with Gasteiger partial charge in [-0.25, -0.2) is 0 Å². The van der Waals surface area contributed by atoms with E-state index in [2.05, 4.69) is 29.4 Å². The van der Waals surface area contributed by atoms with Crippen molar-refractivity contribution in [1.29, 1.82) is 0 Å². The Bertz CT molecular complexity index is 500. The number of nitrogens with two attached hydrogens (primary N) is 1. The lowest BCUT2D eigenvalue weighted by Gasteiger charge is -2.38. The first-order chi connectivity index (χ1) is 8.74. The fraction of sp³-hybridized carbons (Fsp3) is 0.333. The standard InChI is InChI=1S/C15H18N2O/c1-3-14(18-2)15(10-13(11-16)17-15)9-12-7-5-4-6-8-12/h4-8H,1,9-11,16H2,2H3. The molecule has 3 heteroatoms. The van der Waals surface area contributed by atoms with E-state index < -0.39 is 0 Å². The molecule has 1 unspecified atom stereocenters. The average Bonchev–Trinajstić information content (AvgIpc) is 2.37. The zero-order chi connectivity index (χ0) is 13.0. The number of benzene rings is 1. The number of aliphatic imine (C=N–C) groups is 1. The van der Waals surface area contributed by atoms with Crippen LogP contribution in [0.4, 0.5) is 0 Å². The SMILES string of the molecule is C=C=C(OC)C1(Cc2ccccc2)CC(CN)=N1. The summed E-state index contributed by atoms with van der Waals surface area (Å²) in [5, 5.41) is 0. The highest BCUT2D eigenvalue weighted by Gasteiger charge is 2.43. The maximum absolute atomic E-state index is 5.61. The monoisotopic (exact) mass is 242 g/mol. The van der Waals surface area contributed by atoms with E-state index >= 15 is 0 Å². The van der Waals surface area contributed by atoms with Gasteiger partial charge in [0.1, 0.15) is 5.54 Å². The molecule has 18 heavy (non-hydrogen) atoms. The Kier molecular flexibility index (Phi) is 3.66. The van der Waals surface area contributed by atoms with E-state index in [-0.39, 0.29) is 5.54 Å². The topological polar surface area (TPSA) is 47.6 Å². The molecule has 0 spiro atoms. The van der Waals surface area contributed by atoms with Crippen molar-refractivity contribution in [3.8, 4) is 0 Å². The molecule has 0 fully saturated rings. The summed E-state index contributed by atoms with van der Waals surface area (Å²) in [7, 11) is 1.64. The Balaban J connectivity index is 2.29. The van der Waals surface area contributed by atoms with Crippen LogP contribution in [0.3, 0.4) is 0 Å². The van der Waals surface area contributed by atoms with E-state index in [0.29, 0.717) is 12.3 Å². The van der Waals surface area contributed by atoms with E-state index in [4.69, 9.17) is 10.5 Å². The van der Waals surface area contributed by atoms with Gasteiger partial charge < -0.3 is 10.5 Å². The molecule has 1 aromatic rings. The second-order valence-electron chi connectivity index (χ2n) is 4.46. The van der Waals surface area contributed by atoms with Crippen LogP contribution < -0.4 is 5.73 Å². The Hall–Kier alpha value is -1.83. The molecule has 0 bridgehead atoms. The molecule has 0 amide bonds. The van der Waals surface area contributed by atoms with Crippen LogP contribution in [0, 0.1) is 0 Å². The van der Waals surface area contributed by atoms with E-state index in [9.17, 15) is 0 Å². The third-order valence-corrected chi connectivity index (χ3v) is 3.23. The fourth-order valence-corrected chi connectivity index (χ4v) is 2.42. The van der Waals surface area contributed by atoms with Crippen LogP contribution >= 0.6 is 0 Å². The highest BCUT2D eigenvalue weighted by atomic mass is 16.5. The van der Waals surface area contributed by atoms with Crippen LogP contribution in [-0.4, -0.2) is 24.9 Å². The lowest BCUT2D eigenvalue weighted by atomic mass is 9.79. The molecule has 0 aromatic heterocycles. The summed E-state index contributed by atoms with van der Waals surface area (Å²) >= 11 is 0. The van der Waals surface area contributed by atoms with Crippen LogP contribution in [0.15, 0.2) is 53.4 Å². The number of methoxy groups -OCH3 is 1. The molecule has 0 saturated heterocycles. The molecule has 0 aliphatic carbocycles. The van der Waals surface area contributed by atoms with Gasteiger partial charge in [0.05, 0.1) is 7.11 Å².